The molecule has 0 aromatic heterocycles. The maximum Gasteiger partial charge on any atom is 0.407 e. The van der Waals surface area contributed by atoms with Gasteiger partial charge in [-0.05, 0) is 42.0 Å². The van der Waals surface area contributed by atoms with Gasteiger partial charge < -0.3 is 25.6 Å². The average Bonchev–Trinajstić information content (AvgIpc) is 3.16. The predicted molar refractivity (Wildman–Crippen MR) is 130 cm³/mol. The third-order valence-electron chi connectivity index (χ3n) is 7.22. The van der Waals surface area contributed by atoms with Gasteiger partial charge in [0, 0.05) is 12.3 Å². The van der Waals surface area contributed by atoms with Crippen LogP contribution in [-0.2, 0) is 14.3 Å². The fourth-order valence-corrected chi connectivity index (χ4v) is 5.25. The summed E-state index contributed by atoms with van der Waals surface area (Å²) in [7, 11) is 0. The van der Waals surface area contributed by atoms with E-state index >= 15 is 0 Å². The SMILES string of the molecule is CC(CO)(NC(=O)CC1(NC(=O)OCC2c3ccccc3-c3ccccc32)CCCCC1)C(=O)O. The number of nitrogens with one attached hydrogen (secondary N) is 2. The van der Waals surface area contributed by atoms with E-state index in [9.17, 15) is 24.6 Å². The quantitative estimate of drug-likeness (QED) is 0.458. The fourth-order valence-electron chi connectivity index (χ4n) is 5.25. The van der Waals surface area contributed by atoms with Crippen molar-refractivity contribution in [1.29, 1.82) is 0 Å². The second-order valence-corrected chi connectivity index (χ2v) is 9.81. The Morgan fingerprint density at radius 3 is 2.11 bits per heavy atom. The molecule has 35 heavy (non-hydrogen) atoms. The van der Waals surface area contributed by atoms with Gasteiger partial charge in [-0.3, -0.25) is 4.79 Å². The Hall–Kier alpha value is -3.39. The minimum Gasteiger partial charge on any atom is -0.479 e. The van der Waals surface area contributed by atoms with E-state index < -0.39 is 35.7 Å². The summed E-state index contributed by atoms with van der Waals surface area (Å²) < 4.78 is 5.69. The van der Waals surface area contributed by atoms with E-state index in [1.165, 1.54) is 6.92 Å². The Labute approximate surface area is 204 Å². The molecular weight excluding hydrogens is 448 g/mol. The number of hydrogen-bond acceptors (Lipinski definition) is 5. The van der Waals surface area contributed by atoms with Crippen molar-refractivity contribution >= 4 is 18.0 Å². The molecule has 0 bridgehead atoms. The van der Waals surface area contributed by atoms with Gasteiger partial charge in [0.05, 0.1) is 12.1 Å². The number of carbonyl (C=O) groups excluding carboxylic acids is 2. The molecule has 0 saturated heterocycles. The summed E-state index contributed by atoms with van der Waals surface area (Å²) in [6, 6.07) is 16.2. The number of aliphatic carboxylic acids is 1. The van der Waals surface area contributed by atoms with Gasteiger partial charge in [0.15, 0.2) is 5.54 Å². The summed E-state index contributed by atoms with van der Waals surface area (Å²) in [6.45, 7) is 0.685. The van der Waals surface area contributed by atoms with Crippen LogP contribution in [0, 0.1) is 0 Å². The first-order chi connectivity index (χ1) is 16.8. The standard InChI is InChI=1S/C27H32N2O6/c1-26(17-30,24(32)33)28-23(31)15-27(13-7-2-8-14-27)29-25(34)35-16-22-20-11-5-3-9-18(20)19-10-4-6-12-21(19)22/h3-6,9-12,22,30H,2,7-8,13-17H2,1H3,(H,28,31)(H,29,34)(H,32,33). The number of benzene rings is 2. The van der Waals surface area contributed by atoms with Gasteiger partial charge in [0.25, 0.3) is 0 Å². The molecule has 2 amide bonds. The highest BCUT2D eigenvalue weighted by Crippen LogP contribution is 2.44. The number of carboxylic acids is 1. The van der Waals surface area contributed by atoms with Crippen LogP contribution in [0.2, 0.25) is 0 Å². The normalized spacial score (nSPS) is 18.0. The Morgan fingerprint density at radius 2 is 1.57 bits per heavy atom. The van der Waals surface area contributed by atoms with Crippen LogP contribution in [0.1, 0.15) is 62.5 Å². The molecule has 0 aliphatic heterocycles. The monoisotopic (exact) mass is 480 g/mol. The summed E-state index contributed by atoms with van der Waals surface area (Å²) >= 11 is 0. The number of carboxylic acid groups (broad SMARTS) is 1. The lowest BCUT2D eigenvalue weighted by Gasteiger charge is -2.38. The van der Waals surface area contributed by atoms with E-state index in [0.717, 1.165) is 41.5 Å². The van der Waals surface area contributed by atoms with Crippen LogP contribution in [0.4, 0.5) is 4.79 Å². The number of fused-ring (bicyclic) bond motifs is 3. The Morgan fingerprint density at radius 1 is 1.00 bits per heavy atom. The molecule has 1 saturated carbocycles. The zero-order valence-corrected chi connectivity index (χ0v) is 19.9. The van der Waals surface area contributed by atoms with E-state index in [1.807, 2.05) is 24.3 Å². The van der Waals surface area contributed by atoms with Crippen LogP contribution >= 0.6 is 0 Å². The van der Waals surface area contributed by atoms with Gasteiger partial charge in [0.2, 0.25) is 5.91 Å². The number of ether oxygens (including phenoxy) is 1. The van der Waals surface area contributed by atoms with Crippen LogP contribution in [0.15, 0.2) is 48.5 Å². The molecule has 2 aromatic rings. The van der Waals surface area contributed by atoms with Gasteiger partial charge in [-0.2, -0.15) is 0 Å². The maximum absolute atomic E-state index is 12.9. The Kier molecular flexibility index (Phi) is 7.12. The number of rotatable bonds is 8. The van der Waals surface area contributed by atoms with Gasteiger partial charge in [0.1, 0.15) is 6.61 Å². The number of aliphatic hydroxyl groups is 1. The molecule has 8 heteroatoms. The summed E-state index contributed by atoms with van der Waals surface area (Å²) in [5, 5.41) is 24.1. The average molecular weight is 481 g/mol. The smallest absolute Gasteiger partial charge is 0.407 e. The van der Waals surface area contributed by atoms with Crippen molar-refractivity contribution in [3.8, 4) is 11.1 Å². The van der Waals surface area contributed by atoms with Gasteiger partial charge in [-0.15, -0.1) is 0 Å². The number of alkyl carbamates (subject to hydrolysis) is 1. The highest BCUT2D eigenvalue weighted by Gasteiger charge is 2.40. The number of carbonyl (C=O) groups is 3. The molecule has 0 heterocycles. The fraction of sp³-hybridized carbons (Fsp3) is 0.444. The van der Waals surface area contributed by atoms with Crippen LogP contribution in [-0.4, -0.2) is 52.5 Å². The third-order valence-corrected chi connectivity index (χ3v) is 7.22. The summed E-state index contributed by atoms with van der Waals surface area (Å²) in [5.74, 6) is -1.93. The van der Waals surface area contributed by atoms with Gasteiger partial charge in [-0.25, -0.2) is 9.59 Å². The lowest BCUT2D eigenvalue weighted by Crippen LogP contribution is -2.58. The van der Waals surface area contributed by atoms with Crippen LogP contribution in [0.3, 0.4) is 0 Å². The summed E-state index contributed by atoms with van der Waals surface area (Å²) in [6.07, 6.45) is 3.19. The van der Waals surface area contributed by atoms with Crippen molar-refractivity contribution in [3.05, 3.63) is 59.7 Å². The molecule has 1 atom stereocenters. The van der Waals surface area contributed by atoms with E-state index in [4.69, 9.17) is 4.74 Å². The van der Waals surface area contributed by atoms with Gasteiger partial charge in [-0.1, -0.05) is 67.8 Å². The molecule has 1 unspecified atom stereocenters. The lowest BCUT2D eigenvalue weighted by molar-refractivity contribution is -0.149. The second-order valence-electron chi connectivity index (χ2n) is 9.81. The first kappa shape index (κ1) is 24.7. The van der Waals surface area contributed by atoms with Crippen LogP contribution < -0.4 is 10.6 Å². The zero-order chi connectivity index (χ0) is 25.1. The van der Waals surface area contributed by atoms with Crippen molar-refractivity contribution in [2.45, 2.75) is 62.4 Å². The van der Waals surface area contributed by atoms with Crippen molar-refractivity contribution in [2.24, 2.45) is 0 Å². The second kappa shape index (κ2) is 10.1. The zero-order valence-electron chi connectivity index (χ0n) is 19.9. The number of aliphatic hydroxyl groups excluding tert-OH is 1. The number of hydrogen-bond donors (Lipinski definition) is 4. The first-order valence-electron chi connectivity index (χ1n) is 12.1. The highest BCUT2D eigenvalue weighted by atomic mass is 16.5. The molecular formula is C27H32N2O6. The first-order valence-corrected chi connectivity index (χ1v) is 12.1. The van der Waals surface area contributed by atoms with E-state index in [0.29, 0.717) is 12.8 Å². The lowest BCUT2D eigenvalue weighted by atomic mass is 9.79. The van der Waals surface area contributed by atoms with Crippen molar-refractivity contribution < 1.29 is 29.3 Å². The molecule has 2 aliphatic carbocycles. The van der Waals surface area contributed by atoms with E-state index in [2.05, 4.69) is 34.9 Å². The molecule has 4 N–H and O–H groups in total. The molecule has 2 aromatic carbocycles. The minimum atomic E-state index is -1.78. The Bertz CT molecular complexity index is 1060. The predicted octanol–water partition coefficient (Wildman–Crippen LogP) is 3.57. The topological polar surface area (TPSA) is 125 Å². The molecule has 2 aliphatic rings. The molecule has 1 fully saturated rings. The minimum absolute atomic E-state index is 0.0698. The number of amides is 2. The Balaban J connectivity index is 1.43. The maximum atomic E-state index is 12.9. The van der Waals surface area contributed by atoms with Crippen LogP contribution in [0.5, 0.6) is 0 Å². The van der Waals surface area contributed by atoms with Gasteiger partial charge >= 0.3 is 12.1 Å². The molecule has 8 nitrogen and oxygen atoms in total. The highest BCUT2D eigenvalue weighted by molar-refractivity contribution is 5.87. The van der Waals surface area contributed by atoms with Crippen molar-refractivity contribution in [3.63, 3.8) is 0 Å². The van der Waals surface area contributed by atoms with E-state index in [-0.39, 0.29) is 18.9 Å². The summed E-state index contributed by atoms with van der Waals surface area (Å²) in [5.41, 5.74) is 1.91. The van der Waals surface area contributed by atoms with Crippen LogP contribution in [0.25, 0.3) is 11.1 Å². The molecule has 0 radical (unpaired) electrons. The largest absolute Gasteiger partial charge is 0.479 e. The third kappa shape index (κ3) is 5.17. The summed E-state index contributed by atoms with van der Waals surface area (Å²) in [4.78, 5) is 37.1. The van der Waals surface area contributed by atoms with E-state index in [1.54, 1.807) is 0 Å². The molecule has 186 valence electrons. The molecule has 0 spiro atoms. The van der Waals surface area contributed by atoms with Crippen molar-refractivity contribution in [1.82, 2.24) is 10.6 Å². The van der Waals surface area contributed by atoms with Crippen molar-refractivity contribution in [2.75, 3.05) is 13.2 Å². The molecule has 4 rings (SSSR count).